The summed E-state index contributed by atoms with van der Waals surface area (Å²) in [6.45, 7) is 1.57. The Hall–Kier alpha value is -1.72. The van der Waals surface area contributed by atoms with Crippen LogP contribution in [0.1, 0.15) is 12.8 Å². The molecule has 1 fully saturated rings. The van der Waals surface area contributed by atoms with Gasteiger partial charge in [-0.3, -0.25) is 4.90 Å². The van der Waals surface area contributed by atoms with Crippen LogP contribution in [0.4, 0.5) is 4.39 Å². The van der Waals surface area contributed by atoms with Gasteiger partial charge in [-0.2, -0.15) is 15.8 Å². The summed E-state index contributed by atoms with van der Waals surface area (Å²) in [6, 6.07) is 5.94. The fourth-order valence-electron chi connectivity index (χ4n) is 1.86. The first-order chi connectivity index (χ1) is 8.72. The topological polar surface area (TPSA) is 81.1 Å². The fraction of sp³-hybridized carbons (Fsp3) is 0.727. The summed E-state index contributed by atoms with van der Waals surface area (Å²) in [7, 11) is 0. The Labute approximate surface area is 106 Å². The summed E-state index contributed by atoms with van der Waals surface area (Å²) in [5, 5.41) is 25.8. The van der Waals surface area contributed by atoms with E-state index in [0.717, 1.165) is 0 Å². The van der Waals surface area contributed by atoms with Gasteiger partial charge in [0.1, 0.15) is 0 Å². The van der Waals surface area contributed by atoms with E-state index in [2.05, 4.69) is 0 Å². The van der Waals surface area contributed by atoms with Crippen LogP contribution in [-0.2, 0) is 0 Å². The zero-order valence-electron chi connectivity index (χ0n) is 10.1. The molecule has 1 heterocycles. The third-order valence-corrected chi connectivity index (χ3v) is 2.69. The summed E-state index contributed by atoms with van der Waals surface area (Å²) in [5.74, 6) is 0. The largest absolute Gasteiger partial charge is 0.276 e. The van der Waals surface area contributed by atoms with Crippen LogP contribution >= 0.6 is 0 Å². The number of alkyl halides is 1. The van der Waals surface area contributed by atoms with Gasteiger partial charge in [0.05, 0.1) is 38.1 Å². The SMILES string of the molecule is N#CCCN1CN(CC#N)C(F)N(CCC#N)C1. The molecule has 1 saturated heterocycles. The van der Waals surface area contributed by atoms with Gasteiger partial charge in [0.2, 0.25) is 6.42 Å². The van der Waals surface area contributed by atoms with Crippen molar-refractivity contribution in [3.8, 4) is 18.2 Å². The highest BCUT2D eigenvalue weighted by atomic mass is 19.1. The Morgan fingerprint density at radius 1 is 0.944 bits per heavy atom. The van der Waals surface area contributed by atoms with Crippen LogP contribution in [0.15, 0.2) is 0 Å². The Morgan fingerprint density at radius 2 is 1.56 bits per heavy atom. The summed E-state index contributed by atoms with van der Waals surface area (Å²) in [5.41, 5.74) is 0. The van der Waals surface area contributed by atoms with Crippen LogP contribution in [0, 0.1) is 34.0 Å². The molecule has 0 aromatic rings. The van der Waals surface area contributed by atoms with Crippen molar-refractivity contribution in [2.24, 2.45) is 0 Å². The highest BCUT2D eigenvalue weighted by Crippen LogP contribution is 2.16. The Morgan fingerprint density at radius 3 is 2.17 bits per heavy atom. The number of nitrogens with zero attached hydrogens (tertiary/aromatic N) is 6. The lowest BCUT2D eigenvalue weighted by Gasteiger charge is -2.43. The molecule has 1 rings (SSSR count). The van der Waals surface area contributed by atoms with Crippen molar-refractivity contribution in [3.05, 3.63) is 0 Å². The smallest absolute Gasteiger partial charge is 0.213 e. The summed E-state index contributed by atoms with van der Waals surface area (Å²) >= 11 is 0. The van der Waals surface area contributed by atoms with Crippen LogP contribution in [-0.4, -0.2) is 54.1 Å². The molecule has 7 heteroatoms. The molecular weight excluding hydrogens is 235 g/mol. The monoisotopic (exact) mass is 250 g/mol. The number of hydrogen-bond acceptors (Lipinski definition) is 6. The van der Waals surface area contributed by atoms with Crippen molar-refractivity contribution in [1.82, 2.24) is 14.7 Å². The lowest BCUT2D eigenvalue weighted by molar-refractivity contribution is -0.137. The lowest BCUT2D eigenvalue weighted by atomic mass is 10.3. The molecule has 0 aromatic carbocycles. The van der Waals surface area contributed by atoms with Crippen LogP contribution in [0.25, 0.3) is 0 Å². The van der Waals surface area contributed by atoms with E-state index in [0.29, 0.717) is 32.8 Å². The number of rotatable bonds is 5. The molecule has 0 saturated carbocycles. The van der Waals surface area contributed by atoms with Gasteiger partial charge in [-0.1, -0.05) is 0 Å². The molecular formula is C11H15FN6. The molecule has 96 valence electrons. The first-order valence-corrected chi connectivity index (χ1v) is 5.68. The van der Waals surface area contributed by atoms with Gasteiger partial charge in [0.25, 0.3) is 0 Å². The number of halogens is 1. The average Bonchev–Trinajstić information content (AvgIpc) is 2.38. The normalized spacial score (nSPS) is 22.0. The zero-order chi connectivity index (χ0) is 13.4. The molecule has 0 aromatic heterocycles. The molecule has 0 N–H and O–H groups in total. The van der Waals surface area contributed by atoms with Crippen molar-refractivity contribution in [3.63, 3.8) is 0 Å². The lowest BCUT2D eigenvalue weighted by Crippen LogP contribution is -2.59. The zero-order valence-corrected chi connectivity index (χ0v) is 10.1. The Kier molecular flexibility index (Phi) is 6.04. The van der Waals surface area contributed by atoms with Gasteiger partial charge in [0.15, 0.2) is 0 Å². The molecule has 1 aliphatic heterocycles. The third-order valence-electron chi connectivity index (χ3n) is 2.69. The summed E-state index contributed by atoms with van der Waals surface area (Å²) in [6.07, 6.45) is -0.729. The van der Waals surface area contributed by atoms with Gasteiger partial charge in [-0.25, -0.2) is 14.2 Å². The van der Waals surface area contributed by atoms with E-state index in [4.69, 9.17) is 15.8 Å². The Bertz CT molecular complexity index is 378. The molecule has 0 radical (unpaired) electrons. The van der Waals surface area contributed by atoms with Crippen molar-refractivity contribution < 1.29 is 4.39 Å². The molecule has 6 nitrogen and oxygen atoms in total. The molecule has 1 atom stereocenters. The minimum Gasteiger partial charge on any atom is -0.276 e. The maximum absolute atomic E-state index is 14.0. The molecule has 0 amide bonds. The van der Waals surface area contributed by atoms with Crippen molar-refractivity contribution in [2.75, 3.05) is 33.0 Å². The highest BCUT2D eigenvalue weighted by Gasteiger charge is 2.32. The van der Waals surface area contributed by atoms with Gasteiger partial charge in [0, 0.05) is 25.9 Å². The van der Waals surface area contributed by atoms with Crippen LogP contribution in [0.5, 0.6) is 0 Å². The Balaban J connectivity index is 2.62. The quantitative estimate of drug-likeness (QED) is 0.519. The molecule has 1 aliphatic rings. The van der Waals surface area contributed by atoms with Crippen molar-refractivity contribution in [1.29, 1.82) is 15.8 Å². The van der Waals surface area contributed by atoms with Gasteiger partial charge in [-0.05, 0) is 0 Å². The molecule has 18 heavy (non-hydrogen) atoms. The van der Waals surface area contributed by atoms with Crippen LogP contribution in [0.3, 0.4) is 0 Å². The minimum absolute atomic E-state index is 0.00667. The average molecular weight is 250 g/mol. The van der Waals surface area contributed by atoms with E-state index in [-0.39, 0.29) is 13.0 Å². The standard InChI is InChI=1S/C11H15FN6/c12-11-17(7-2-4-14)9-16(6-1-3-13)10-18(11)8-5-15/h11H,1-2,6-10H2. The summed E-state index contributed by atoms with van der Waals surface area (Å²) in [4.78, 5) is 4.79. The van der Waals surface area contributed by atoms with E-state index in [9.17, 15) is 4.39 Å². The number of hydrogen-bond donors (Lipinski definition) is 0. The molecule has 0 aliphatic carbocycles. The van der Waals surface area contributed by atoms with Crippen molar-refractivity contribution >= 4 is 0 Å². The predicted molar refractivity (Wildman–Crippen MR) is 60.8 cm³/mol. The van der Waals surface area contributed by atoms with Gasteiger partial charge < -0.3 is 0 Å². The van der Waals surface area contributed by atoms with E-state index < -0.39 is 6.42 Å². The predicted octanol–water partition coefficient (Wildman–Crippen LogP) is 0.425. The first-order valence-electron chi connectivity index (χ1n) is 5.68. The summed E-state index contributed by atoms with van der Waals surface area (Å²) < 4.78 is 14.0. The maximum atomic E-state index is 14.0. The van der Waals surface area contributed by atoms with E-state index >= 15 is 0 Å². The van der Waals surface area contributed by atoms with E-state index in [1.807, 2.05) is 23.1 Å². The fourth-order valence-corrected chi connectivity index (χ4v) is 1.86. The number of nitriles is 3. The maximum Gasteiger partial charge on any atom is 0.213 e. The first kappa shape index (κ1) is 14.3. The minimum atomic E-state index is -1.34. The van der Waals surface area contributed by atoms with E-state index in [1.165, 1.54) is 9.80 Å². The molecule has 1 unspecified atom stereocenters. The second-order valence-electron chi connectivity index (χ2n) is 4.02. The second kappa shape index (κ2) is 7.58. The van der Waals surface area contributed by atoms with E-state index in [1.54, 1.807) is 0 Å². The molecule has 0 spiro atoms. The van der Waals surface area contributed by atoms with Gasteiger partial charge in [-0.15, -0.1) is 0 Å². The molecule has 0 bridgehead atoms. The highest BCUT2D eigenvalue weighted by molar-refractivity contribution is 4.84. The van der Waals surface area contributed by atoms with Crippen LogP contribution < -0.4 is 0 Å². The van der Waals surface area contributed by atoms with Crippen LogP contribution in [0.2, 0.25) is 0 Å². The second-order valence-corrected chi connectivity index (χ2v) is 4.02. The van der Waals surface area contributed by atoms with Gasteiger partial charge >= 0.3 is 0 Å². The van der Waals surface area contributed by atoms with Crippen molar-refractivity contribution in [2.45, 2.75) is 19.3 Å². The third kappa shape index (κ3) is 3.94.